The lowest BCUT2D eigenvalue weighted by Crippen LogP contribution is -2.55. The molecule has 0 aliphatic carbocycles. The number of amides is 1. The number of ether oxygens (including phenoxy) is 1. The Labute approximate surface area is 163 Å². The Morgan fingerprint density at radius 3 is 2.30 bits per heavy atom. The number of rotatable bonds is 7. The van der Waals surface area contributed by atoms with E-state index in [4.69, 9.17) is 4.74 Å². The minimum Gasteiger partial charge on any atom is -0.445 e. The molecular formula is C23H33NO3. The normalized spacial score (nSPS) is 24.7. The third-order valence-electron chi connectivity index (χ3n) is 6.49. The summed E-state index contributed by atoms with van der Waals surface area (Å²) < 4.78 is 5.60. The third-order valence-corrected chi connectivity index (χ3v) is 6.49. The van der Waals surface area contributed by atoms with Crippen LogP contribution in [0.2, 0.25) is 0 Å². The summed E-state index contributed by atoms with van der Waals surface area (Å²) in [6.07, 6.45) is 7.39. The van der Waals surface area contributed by atoms with Crippen LogP contribution in [-0.2, 0) is 16.1 Å². The number of nitrogens with zero attached hydrogens (tertiary/aromatic N) is 1. The van der Waals surface area contributed by atoms with Gasteiger partial charge in [-0.2, -0.15) is 0 Å². The summed E-state index contributed by atoms with van der Waals surface area (Å²) in [6, 6.07) is 10.1. The van der Waals surface area contributed by atoms with Crippen molar-refractivity contribution in [1.29, 1.82) is 0 Å². The maximum absolute atomic E-state index is 12.8. The number of hydrogen-bond acceptors (Lipinski definition) is 3. The van der Waals surface area contributed by atoms with E-state index in [9.17, 15) is 9.59 Å². The fourth-order valence-corrected chi connectivity index (χ4v) is 4.76. The SMILES string of the molecule is CCC(CC)CC(=O)C1CC2CCCC(C1)N2C(=O)OCc1ccccc1. The van der Waals surface area contributed by atoms with Crippen LogP contribution in [0.3, 0.4) is 0 Å². The minimum absolute atomic E-state index is 0.124. The molecule has 2 fully saturated rings. The molecule has 1 amide bonds. The maximum atomic E-state index is 12.8. The van der Waals surface area contributed by atoms with Crippen LogP contribution in [-0.4, -0.2) is 28.9 Å². The first-order valence-corrected chi connectivity index (χ1v) is 10.6. The molecule has 0 radical (unpaired) electrons. The molecule has 27 heavy (non-hydrogen) atoms. The molecule has 148 valence electrons. The van der Waals surface area contributed by atoms with Gasteiger partial charge in [0.15, 0.2) is 0 Å². The highest BCUT2D eigenvalue weighted by Crippen LogP contribution is 2.38. The van der Waals surface area contributed by atoms with E-state index in [1.807, 2.05) is 35.2 Å². The number of benzene rings is 1. The Kier molecular flexibility index (Phi) is 6.92. The maximum Gasteiger partial charge on any atom is 0.410 e. The predicted molar refractivity (Wildman–Crippen MR) is 106 cm³/mol. The molecule has 2 atom stereocenters. The van der Waals surface area contributed by atoms with Crippen LogP contribution in [0.1, 0.15) is 70.8 Å². The number of Topliss-reactive ketones (excluding diaryl/α,β-unsaturated/α-hetero) is 1. The summed E-state index contributed by atoms with van der Waals surface area (Å²) in [5.41, 5.74) is 1.01. The fourth-order valence-electron chi connectivity index (χ4n) is 4.76. The average molecular weight is 372 g/mol. The van der Waals surface area contributed by atoms with E-state index in [0.29, 0.717) is 24.7 Å². The highest BCUT2D eigenvalue weighted by atomic mass is 16.6. The van der Waals surface area contributed by atoms with Gasteiger partial charge in [0.1, 0.15) is 12.4 Å². The number of fused-ring (bicyclic) bond motifs is 2. The summed E-state index contributed by atoms with van der Waals surface area (Å²) in [7, 11) is 0. The van der Waals surface area contributed by atoms with Crippen molar-refractivity contribution in [3.05, 3.63) is 35.9 Å². The molecule has 1 aromatic rings. The van der Waals surface area contributed by atoms with Crippen LogP contribution in [0.15, 0.2) is 30.3 Å². The van der Waals surface area contributed by atoms with E-state index < -0.39 is 0 Å². The molecule has 2 heterocycles. The molecule has 0 spiro atoms. The second-order valence-corrected chi connectivity index (χ2v) is 8.21. The smallest absolute Gasteiger partial charge is 0.410 e. The first-order chi connectivity index (χ1) is 13.1. The van der Waals surface area contributed by atoms with Crippen molar-refractivity contribution in [2.24, 2.45) is 11.8 Å². The summed E-state index contributed by atoms with van der Waals surface area (Å²) in [5.74, 6) is 1.04. The standard InChI is InChI=1S/C23H33NO3/c1-3-17(4-2)13-22(25)19-14-20-11-8-12-21(15-19)24(20)23(26)27-16-18-9-6-5-7-10-18/h5-7,9-10,17,19-21H,3-4,8,11-16H2,1-2H3. The summed E-state index contributed by atoms with van der Waals surface area (Å²) in [4.78, 5) is 27.5. The zero-order valence-electron chi connectivity index (χ0n) is 16.7. The van der Waals surface area contributed by atoms with E-state index >= 15 is 0 Å². The van der Waals surface area contributed by atoms with E-state index in [1.165, 1.54) is 0 Å². The molecule has 0 aromatic heterocycles. The molecule has 2 aliphatic rings. The molecule has 4 nitrogen and oxygen atoms in total. The van der Waals surface area contributed by atoms with Gasteiger partial charge in [-0.15, -0.1) is 0 Å². The number of hydrogen-bond donors (Lipinski definition) is 0. The van der Waals surface area contributed by atoms with Crippen LogP contribution >= 0.6 is 0 Å². The first-order valence-electron chi connectivity index (χ1n) is 10.6. The Morgan fingerprint density at radius 2 is 1.70 bits per heavy atom. The molecule has 4 heteroatoms. The zero-order chi connectivity index (χ0) is 19.2. The summed E-state index contributed by atoms with van der Waals surface area (Å²) in [5, 5.41) is 0. The minimum atomic E-state index is -0.209. The van der Waals surface area contributed by atoms with Gasteiger partial charge in [-0.05, 0) is 43.6 Å². The van der Waals surface area contributed by atoms with Crippen LogP contribution in [0.25, 0.3) is 0 Å². The first kappa shape index (κ1) is 19.9. The lowest BCUT2D eigenvalue weighted by Gasteiger charge is -2.47. The monoisotopic (exact) mass is 371 g/mol. The van der Waals surface area contributed by atoms with Crippen LogP contribution < -0.4 is 0 Å². The lowest BCUT2D eigenvalue weighted by molar-refractivity contribution is -0.127. The molecule has 0 N–H and O–H groups in total. The molecule has 2 bridgehead atoms. The van der Waals surface area contributed by atoms with Gasteiger partial charge in [0, 0.05) is 24.4 Å². The van der Waals surface area contributed by atoms with E-state index in [0.717, 1.165) is 50.5 Å². The van der Waals surface area contributed by atoms with E-state index in [2.05, 4.69) is 13.8 Å². The molecule has 2 aliphatic heterocycles. The predicted octanol–water partition coefficient (Wildman–Crippen LogP) is 5.35. The summed E-state index contributed by atoms with van der Waals surface area (Å²) >= 11 is 0. The van der Waals surface area contributed by atoms with Gasteiger partial charge >= 0.3 is 6.09 Å². The lowest BCUT2D eigenvalue weighted by atomic mass is 9.75. The Hall–Kier alpha value is -1.84. The Bertz CT molecular complexity index is 612. The van der Waals surface area contributed by atoms with Crippen molar-refractivity contribution < 1.29 is 14.3 Å². The van der Waals surface area contributed by atoms with Crippen molar-refractivity contribution >= 4 is 11.9 Å². The number of piperidine rings is 2. The Balaban J connectivity index is 1.59. The third kappa shape index (κ3) is 4.91. The van der Waals surface area contributed by atoms with Crippen molar-refractivity contribution in [1.82, 2.24) is 4.90 Å². The van der Waals surface area contributed by atoms with Crippen LogP contribution in [0.5, 0.6) is 0 Å². The van der Waals surface area contributed by atoms with Gasteiger partial charge in [-0.25, -0.2) is 4.79 Å². The zero-order valence-corrected chi connectivity index (χ0v) is 16.7. The van der Waals surface area contributed by atoms with Crippen molar-refractivity contribution in [2.75, 3.05) is 0 Å². The molecule has 1 aromatic carbocycles. The quantitative estimate of drug-likeness (QED) is 0.649. The molecule has 2 unspecified atom stereocenters. The largest absolute Gasteiger partial charge is 0.445 e. The van der Waals surface area contributed by atoms with Gasteiger partial charge in [0.25, 0.3) is 0 Å². The van der Waals surface area contributed by atoms with Crippen molar-refractivity contribution in [3.63, 3.8) is 0 Å². The van der Waals surface area contributed by atoms with Crippen molar-refractivity contribution in [2.45, 2.75) is 83.9 Å². The van der Waals surface area contributed by atoms with Crippen molar-refractivity contribution in [3.8, 4) is 0 Å². The van der Waals surface area contributed by atoms with Crippen LogP contribution in [0, 0.1) is 11.8 Å². The van der Waals surface area contributed by atoms with Gasteiger partial charge in [-0.1, -0.05) is 57.0 Å². The topological polar surface area (TPSA) is 46.6 Å². The van der Waals surface area contributed by atoms with Gasteiger partial charge in [0.05, 0.1) is 0 Å². The average Bonchev–Trinajstić information content (AvgIpc) is 2.69. The van der Waals surface area contributed by atoms with Gasteiger partial charge in [-0.3, -0.25) is 4.79 Å². The second kappa shape index (κ2) is 9.38. The highest BCUT2D eigenvalue weighted by molar-refractivity contribution is 5.82. The summed E-state index contributed by atoms with van der Waals surface area (Å²) in [6.45, 7) is 4.65. The van der Waals surface area contributed by atoms with Gasteiger partial charge < -0.3 is 9.64 Å². The van der Waals surface area contributed by atoms with Crippen LogP contribution in [0.4, 0.5) is 4.79 Å². The number of carbonyl (C=O) groups is 2. The fraction of sp³-hybridized carbons (Fsp3) is 0.652. The molecule has 2 saturated heterocycles. The van der Waals surface area contributed by atoms with E-state index in [-0.39, 0.29) is 24.1 Å². The Morgan fingerprint density at radius 1 is 1.07 bits per heavy atom. The highest BCUT2D eigenvalue weighted by Gasteiger charge is 2.43. The number of carbonyl (C=O) groups excluding carboxylic acids is 2. The molecular weight excluding hydrogens is 338 g/mol. The van der Waals surface area contributed by atoms with E-state index in [1.54, 1.807) is 0 Å². The number of ketones is 1. The molecule has 0 saturated carbocycles. The van der Waals surface area contributed by atoms with Gasteiger partial charge in [0.2, 0.25) is 0 Å². The second-order valence-electron chi connectivity index (χ2n) is 8.21. The molecule has 3 rings (SSSR count).